The number of hydrogen-bond acceptors (Lipinski definition) is 2. The molecule has 0 atom stereocenters. The minimum Gasteiger partial charge on any atom is -0.369 e. The van der Waals surface area contributed by atoms with Gasteiger partial charge in [-0.3, -0.25) is 0 Å². The highest BCUT2D eigenvalue weighted by Gasteiger charge is 2.45. The maximum Gasteiger partial charge on any atom is 0.0443 e. The van der Waals surface area contributed by atoms with Gasteiger partial charge in [-0.05, 0) is 146 Å². The van der Waals surface area contributed by atoms with Gasteiger partial charge in [0, 0.05) is 41.6 Å². The van der Waals surface area contributed by atoms with E-state index in [-0.39, 0.29) is 5.41 Å². The lowest BCUT2D eigenvalue weighted by Gasteiger charge is -2.32. The Morgan fingerprint density at radius 1 is 0.712 bits per heavy atom. The summed E-state index contributed by atoms with van der Waals surface area (Å²) in [6.07, 6.45) is 20.2. The summed E-state index contributed by atoms with van der Waals surface area (Å²) < 4.78 is 0. The highest BCUT2D eigenvalue weighted by molar-refractivity contribution is 5.85. The second kappa shape index (κ2) is 15.0. The van der Waals surface area contributed by atoms with E-state index in [1.54, 1.807) is 11.1 Å². The number of anilines is 3. The van der Waals surface area contributed by atoms with Crippen LogP contribution in [0.1, 0.15) is 100.0 Å². The van der Waals surface area contributed by atoms with Gasteiger partial charge in [0.1, 0.15) is 0 Å². The number of nitrogens with zero attached hydrogens (tertiary/aromatic N) is 2. The number of aryl methyl sites for hydroxylation is 1. The van der Waals surface area contributed by atoms with Crippen LogP contribution in [-0.2, 0) is 11.8 Å². The zero-order valence-electron chi connectivity index (χ0n) is 31.5. The molecular formula is C50H54N2. The van der Waals surface area contributed by atoms with Crippen LogP contribution in [0, 0.1) is 0 Å². The molecule has 52 heavy (non-hydrogen) atoms. The summed E-state index contributed by atoms with van der Waals surface area (Å²) in [5.41, 5.74) is 16.7. The first-order valence-corrected chi connectivity index (χ1v) is 20.0. The molecular weight excluding hydrogens is 629 g/mol. The zero-order valence-corrected chi connectivity index (χ0v) is 31.5. The third-order valence-electron chi connectivity index (χ3n) is 12.0. The number of allylic oxidation sites excluding steroid dienone is 2. The van der Waals surface area contributed by atoms with Gasteiger partial charge >= 0.3 is 0 Å². The van der Waals surface area contributed by atoms with Crippen molar-refractivity contribution in [1.82, 2.24) is 0 Å². The van der Waals surface area contributed by atoms with Crippen LogP contribution in [0.3, 0.4) is 0 Å². The fourth-order valence-corrected chi connectivity index (χ4v) is 9.31. The molecule has 2 heteroatoms. The number of rotatable bonds is 11. The Morgan fingerprint density at radius 2 is 1.38 bits per heavy atom. The molecule has 264 valence electrons. The SMILES string of the molecule is CC=CCCCCN(c1ccc2c(c1)C1(CCCC1)c1cc(C=Cc3ccc(-c4ccc(N5CCCc6ccccc65)cc4)cc3)ccc1-2)C(C)C. The van der Waals surface area contributed by atoms with Crippen molar-refractivity contribution in [2.45, 2.75) is 90.0 Å². The Labute approximate surface area is 312 Å². The van der Waals surface area contributed by atoms with E-state index >= 15 is 0 Å². The van der Waals surface area contributed by atoms with Crippen molar-refractivity contribution in [2.75, 3.05) is 22.9 Å². The lowest BCUT2D eigenvalue weighted by atomic mass is 9.76. The second-order valence-electron chi connectivity index (χ2n) is 15.6. The molecule has 8 rings (SSSR count). The first kappa shape index (κ1) is 34.3. The van der Waals surface area contributed by atoms with Gasteiger partial charge in [0.15, 0.2) is 0 Å². The van der Waals surface area contributed by atoms with Gasteiger partial charge in [0.2, 0.25) is 0 Å². The van der Waals surface area contributed by atoms with E-state index in [1.807, 2.05) is 0 Å². The van der Waals surface area contributed by atoms with E-state index in [9.17, 15) is 0 Å². The van der Waals surface area contributed by atoms with Crippen LogP contribution >= 0.6 is 0 Å². The lowest BCUT2D eigenvalue weighted by molar-refractivity contribution is 0.549. The molecule has 0 amide bonds. The van der Waals surface area contributed by atoms with E-state index in [4.69, 9.17) is 0 Å². The van der Waals surface area contributed by atoms with Crippen molar-refractivity contribution in [2.24, 2.45) is 0 Å². The van der Waals surface area contributed by atoms with Crippen LogP contribution < -0.4 is 9.80 Å². The Hall–Kier alpha value is -4.82. The van der Waals surface area contributed by atoms with Gasteiger partial charge in [-0.2, -0.15) is 0 Å². The average molecular weight is 683 g/mol. The Kier molecular flexibility index (Phi) is 9.91. The van der Waals surface area contributed by atoms with E-state index in [0.717, 1.165) is 13.1 Å². The molecule has 0 N–H and O–H groups in total. The molecule has 1 spiro atoms. The van der Waals surface area contributed by atoms with Gasteiger partial charge in [0.25, 0.3) is 0 Å². The Bertz CT molecular complexity index is 2060. The molecule has 3 aliphatic rings. The minimum atomic E-state index is 0.147. The van der Waals surface area contributed by atoms with Gasteiger partial charge in [-0.15, -0.1) is 0 Å². The summed E-state index contributed by atoms with van der Waals surface area (Å²) in [6.45, 7) is 9.00. The molecule has 1 fully saturated rings. The summed E-state index contributed by atoms with van der Waals surface area (Å²) in [6, 6.07) is 42.1. The zero-order chi connectivity index (χ0) is 35.5. The summed E-state index contributed by atoms with van der Waals surface area (Å²) >= 11 is 0. The molecule has 5 aromatic carbocycles. The van der Waals surface area contributed by atoms with Crippen LogP contribution in [0.5, 0.6) is 0 Å². The molecule has 0 radical (unpaired) electrons. The molecule has 2 nitrogen and oxygen atoms in total. The maximum atomic E-state index is 2.63. The van der Waals surface area contributed by atoms with Gasteiger partial charge in [0.05, 0.1) is 0 Å². The maximum absolute atomic E-state index is 2.63. The van der Waals surface area contributed by atoms with Crippen molar-refractivity contribution in [1.29, 1.82) is 0 Å². The van der Waals surface area contributed by atoms with Crippen molar-refractivity contribution in [3.63, 3.8) is 0 Å². The molecule has 0 aromatic heterocycles. The number of hydrogen-bond donors (Lipinski definition) is 0. The van der Waals surface area contributed by atoms with Gasteiger partial charge in [-0.25, -0.2) is 0 Å². The lowest BCUT2D eigenvalue weighted by Crippen LogP contribution is -2.32. The third-order valence-corrected chi connectivity index (χ3v) is 12.0. The van der Waals surface area contributed by atoms with Crippen molar-refractivity contribution < 1.29 is 0 Å². The summed E-state index contributed by atoms with van der Waals surface area (Å²) in [5, 5.41) is 0. The quantitative estimate of drug-likeness (QED) is 0.0777. The van der Waals surface area contributed by atoms with Crippen molar-refractivity contribution in [3.05, 3.63) is 149 Å². The number of fused-ring (bicyclic) bond motifs is 6. The van der Waals surface area contributed by atoms with Crippen LogP contribution in [0.2, 0.25) is 0 Å². The van der Waals surface area contributed by atoms with Crippen molar-refractivity contribution >= 4 is 29.2 Å². The molecule has 1 heterocycles. The molecule has 1 saturated carbocycles. The topological polar surface area (TPSA) is 6.48 Å². The molecule has 2 aliphatic carbocycles. The van der Waals surface area contributed by atoms with Crippen LogP contribution in [0.4, 0.5) is 17.1 Å². The Morgan fingerprint density at radius 3 is 2.13 bits per heavy atom. The molecule has 0 saturated heterocycles. The largest absolute Gasteiger partial charge is 0.369 e. The highest BCUT2D eigenvalue weighted by Crippen LogP contribution is 2.57. The van der Waals surface area contributed by atoms with E-state index in [2.05, 4.69) is 164 Å². The van der Waals surface area contributed by atoms with Gasteiger partial charge < -0.3 is 9.80 Å². The van der Waals surface area contributed by atoms with Crippen LogP contribution in [0.15, 0.2) is 121 Å². The number of benzene rings is 5. The van der Waals surface area contributed by atoms with Crippen molar-refractivity contribution in [3.8, 4) is 22.3 Å². The predicted octanol–water partition coefficient (Wildman–Crippen LogP) is 13.4. The molecule has 0 unspecified atom stereocenters. The average Bonchev–Trinajstić information content (AvgIpc) is 3.79. The minimum absolute atomic E-state index is 0.147. The fourth-order valence-electron chi connectivity index (χ4n) is 9.31. The summed E-state index contributed by atoms with van der Waals surface area (Å²) in [4.78, 5) is 5.10. The molecule has 1 aliphatic heterocycles. The molecule has 5 aromatic rings. The molecule has 0 bridgehead atoms. The monoisotopic (exact) mass is 682 g/mol. The normalized spacial score (nSPS) is 15.9. The van der Waals surface area contributed by atoms with Crippen LogP contribution in [0.25, 0.3) is 34.4 Å². The smallest absolute Gasteiger partial charge is 0.0443 e. The standard InChI is InChI=1S/C50H54N2/c1-4-5-6-7-12-33-51(37(2)3)44-28-30-46-45-29-21-39(35-47(45)50(48(46)36-44)31-10-11-32-50)18-17-38-19-22-40(23-20-38)41-24-26-43(27-25-41)52-34-13-15-42-14-8-9-16-49(42)52/h4-5,8-9,14,16-30,35-37H,6-7,10-13,15,31-34H2,1-3H3. The fraction of sp³-hybridized carbons (Fsp3) is 0.320. The third kappa shape index (κ3) is 6.65. The van der Waals surface area contributed by atoms with E-state index < -0.39 is 0 Å². The predicted molar refractivity (Wildman–Crippen MR) is 225 cm³/mol. The second-order valence-corrected chi connectivity index (χ2v) is 15.6. The van der Waals surface area contributed by atoms with Gasteiger partial charge in [-0.1, -0.05) is 116 Å². The van der Waals surface area contributed by atoms with E-state index in [0.29, 0.717) is 6.04 Å². The highest BCUT2D eigenvalue weighted by atomic mass is 15.2. The first-order valence-electron chi connectivity index (χ1n) is 20.0. The first-order chi connectivity index (χ1) is 25.5. The van der Waals surface area contributed by atoms with Crippen LogP contribution in [-0.4, -0.2) is 19.1 Å². The summed E-state index contributed by atoms with van der Waals surface area (Å²) in [7, 11) is 0. The van der Waals surface area contributed by atoms with E-state index in [1.165, 1.54) is 114 Å². The number of unbranched alkanes of at least 4 members (excludes halogenated alkanes) is 2. The Balaban J connectivity index is 0.986. The number of para-hydroxylation sites is 1. The summed E-state index contributed by atoms with van der Waals surface area (Å²) in [5.74, 6) is 0.